The molecule has 0 amide bonds. The average molecular weight is 287 g/mol. The van der Waals surface area contributed by atoms with Crippen LogP contribution >= 0.6 is 0 Å². The first-order chi connectivity index (χ1) is 9.97. The fourth-order valence-corrected chi connectivity index (χ4v) is 1.71. The van der Waals surface area contributed by atoms with Gasteiger partial charge in [-0.3, -0.25) is 0 Å². The van der Waals surface area contributed by atoms with E-state index in [1.54, 1.807) is 12.1 Å². The first-order valence-corrected chi connectivity index (χ1v) is 6.07. The third kappa shape index (κ3) is 3.89. The molecule has 0 aliphatic rings. The quantitative estimate of drug-likeness (QED) is 0.323. The molecule has 0 aliphatic heterocycles. The molecule has 6 N–H and O–H groups in total. The van der Waals surface area contributed by atoms with Gasteiger partial charge < -0.3 is 25.2 Å². The molecule has 7 nitrogen and oxygen atoms in total. The first-order valence-electron chi connectivity index (χ1n) is 6.07. The maximum atomic E-state index is 9.25. The van der Waals surface area contributed by atoms with Gasteiger partial charge in [-0.2, -0.15) is 10.2 Å². The van der Waals surface area contributed by atoms with Crippen LogP contribution in [0.3, 0.4) is 0 Å². The van der Waals surface area contributed by atoms with Crippen LogP contribution in [0.4, 0.5) is 11.4 Å². The Hall–Kier alpha value is -2.19. The lowest BCUT2D eigenvalue weighted by Gasteiger charge is -2.03. The Morgan fingerprint density at radius 3 is 2.29 bits per heavy atom. The summed E-state index contributed by atoms with van der Waals surface area (Å²) in [6, 6.07) is 10.4. The van der Waals surface area contributed by atoms with Crippen LogP contribution in [0.5, 0.6) is 5.75 Å². The highest BCUT2D eigenvalue weighted by Gasteiger charge is 2.18. The minimum Gasteiger partial charge on any atom is -0.593 e. The van der Waals surface area contributed by atoms with E-state index in [0.717, 1.165) is 0 Å². The van der Waals surface area contributed by atoms with Gasteiger partial charge >= 0.3 is 14.2 Å². The number of hydrogen-bond donors (Lipinski definition) is 4. The minimum atomic E-state index is -1.75. The van der Waals surface area contributed by atoms with Crippen molar-refractivity contribution in [3.05, 3.63) is 42.5 Å². The Bertz CT molecular complexity index is 664. The zero-order valence-electron chi connectivity index (χ0n) is 10.9. The molecule has 0 radical (unpaired) electrons. The van der Waals surface area contributed by atoms with Crippen LogP contribution in [-0.2, 0) is 0 Å². The zero-order chi connectivity index (χ0) is 15.4. The molecule has 0 spiro atoms. The van der Waals surface area contributed by atoms with Crippen molar-refractivity contribution in [3.63, 3.8) is 0 Å². The monoisotopic (exact) mass is 287 g/mol. The molecule has 2 aromatic rings. The van der Waals surface area contributed by atoms with Crippen LogP contribution in [0.2, 0.25) is 0 Å². The second-order valence-corrected chi connectivity index (χ2v) is 4.32. The van der Waals surface area contributed by atoms with Crippen molar-refractivity contribution in [2.24, 2.45) is 10.2 Å². The molecule has 0 atom stereocenters. The summed E-state index contributed by atoms with van der Waals surface area (Å²) in [4.78, 5) is 0. The average Bonchev–Trinajstić information content (AvgIpc) is 2.46. The van der Waals surface area contributed by atoms with Gasteiger partial charge in [-0.05, 0) is 23.7 Å². The number of nitrogens with zero attached hydrogens (tertiary/aromatic N) is 2. The zero-order valence-corrected chi connectivity index (χ0v) is 10.9. The minimum absolute atomic E-state index is 0.0737. The van der Waals surface area contributed by atoms with Crippen LogP contribution in [0, 0.1) is 0 Å². The molecule has 0 aliphatic carbocycles. The van der Waals surface area contributed by atoms with Gasteiger partial charge in [0.05, 0.1) is 11.4 Å². The lowest BCUT2D eigenvalue weighted by molar-refractivity contribution is 0.424. The SMILES string of the molecule is OB(O)c1cccc(N=Nc2ccc([OH2+])cc2B(O)O)c1. The maximum Gasteiger partial charge on any atom is 0.491 e. The highest BCUT2D eigenvalue weighted by Crippen LogP contribution is 2.19. The van der Waals surface area contributed by atoms with E-state index in [-0.39, 0.29) is 22.4 Å². The van der Waals surface area contributed by atoms with E-state index in [9.17, 15) is 10.0 Å². The van der Waals surface area contributed by atoms with E-state index in [1.165, 1.54) is 30.3 Å². The Morgan fingerprint density at radius 1 is 0.857 bits per heavy atom. The summed E-state index contributed by atoms with van der Waals surface area (Å²) in [6.45, 7) is 0. The van der Waals surface area contributed by atoms with Crippen LogP contribution in [0.1, 0.15) is 0 Å². The summed E-state index contributed by atoms with van der Waals surface area (Å²) in [5.74, 6) is 0.127. The maximum absolute atomic E-state index is 9.25. The van der Waals surface area contributed by atoms with Gasteiger partial charge in [-0.25, -0.2) is 0 Å². The summed E-state index contributed by atoms with van der Waals surface area (Å²) in [5, 5.41) is 51.9. The van der Waals surface area contributed by atoms with Gasteiger partial charge in [-0.15, -0.1) is 0 Å². The standard InChI is InChI=1S/C12H12B2N2O5/c17-10-4-5-12(11(7-10)14(20)21)16-15-9-3-1-2-8(6-9)13(18)19/h1-7,17-21H/p+1. The van der Waals surface area contributed by atoms with Gasteiger partial charge in [0.25, 0.3) is 5.75 Å². The molecule has 0 saturated carbocycles. The van der Waals surface area contributed by atoms with E-state index in [0.29, 0.717) is 5.69 Å². The first kappa shape index (κ1) is 15.2. The normalized spacial score (nSPS) is 10.9. The van der Waals surface area contributed by atoms with Crippen molar-refractivity contribution >= 4 is 36.5 Å². The Kier molecular flexibility index (Phi) is 4.71. The third-order valence-corrected chi connectivity index (χ3v) is 2.75. The molecule has 0 fully saturated rings. The number of hydrogen-bond acceptors (Lipinski definition) is 6. The van der Waals surface area contributed by atoms with E-state index >= 15 is 0 Å². The fraction of sp³-hybridized carbons (Fsp3) is 0. The van der Waals surface area contributed by atoms with Gasteiger partial charge in [0, 0.05) is 17.6 Å². The number of benzene rings is 2. The molecule has 0 bridgehead atoms. The van der Waals surface area contributed by atoms with Crippen molar-refractivity contribution in [2.45, 2.75) is 0 Å². The molecule has 106 valence electrons. The second kappa shape index (κ2) is 6.51. The van der Waals surface area contributed by atoms with Crippen molar-refractivity contribution in [2.75, 3.05) is 0 Å². The molecular formula is C12H13B2N2O5+. The fourth-order valence-electron chi connectivity index (χ4n) is 1.71. The lowest BCUT2D eigenvalue weighted by atomic mass is 9.79. The van der Waals surface area contributed by atoms with Crippen LogP contribution in [0.25, 0.3) is 0 Å². The topological polar surface area (TPSA) is 129 Å². The van der Waals surface area contributed by atoms with Crippen LogP contribution in [0.15, 0.2) is 52.7 Å². The second-order valence-electron chi connectivity index (χ2n) is 4.32. The Morgan fingerprint density at radius 2 is 1.62 bits per heavy atom. The molecule has 0 saturated heterocycles. The molecule has 9 heteroatoms. The molecule has 0 aromatic heterocycles. The highest BCUT2D eigenvalue weighted by atomic mass is 16.4. The predicted molar refractivity (Wildman–Crippen MR) is 79.8 cm³/mol. The third-order valence-electron chi connectivity index (χ3n) is 2.75. The lowest BCUT2D eigenvalue weighted by Crippen LogP contribution is -2.29. The van der Waals surface area contributed by atoms with Gasteiger partial charge in [0.15, 0.2) is 0 Å². The number of rotatable bonds is 4. The van der Waals surface area contributed by atoms with Crippen LogP contribution in [-0.4, -0.2) is 39.4 Å². The van der Waals surface area contributed by atoms with Crippen molar-refractivity contribution in [1.82, 2.24) is 0 Å². The molecule has 2 aromatic carbocycles. The van der Waals surface area contributed by atoms with E-state index in [4.69, 9.17) is 15.2 Å². The van der Waals surface area contributed by atoms with Gasteiger partial charge in [0.1, 0.15) is 0 Å². The van der Waals surface area contributed by atoms with Gasteiger partial charge in [0.2, 0.25) is 0 Å². The van der Waals surface area contributed by atoms with Crippen molar-refractivity contribution in [3.8, 4) is 5.75 Å². The summed E-state index contributed by atoms with van der Waals surface area (Å²) >= 11 is 0. The summed E-state index contributed by atoms with van der Waals surface area (Å²) in [6.07, 6.45) is 0. The van der Waals surface area contributed by atoms with Crippen LogP contribution < -0.4 is 10.9 Å². The molecule has 21 heavy (non-hydrogen) atoms. The Labute approximate surface area is 121 Å². The molecular weight excluding hydrogens is 274 g/mol. The predicted octanol–water partition coefficient (Wildman–Crippen LogP) is -1.10. The van der Waals surface area contributed by atoms with E-state index < -0.39 is 14.2 Å². The molecule has 0 heterocycles. The van der Waals surface area contributed by atoms with Crippen molar-refractivity contribution < 1.29 is 25.2 Å². The molecule has 2 rings (SSSR count). The van der Waals surface area contributed by atoms with Crippen molar-refractivity contribution in [1.29, 1.82) is 0 Å². The van der Waals surface area contributed by atoms with Gasteiger partial charge in [-0.1, -0.05) is 12.1 Å². The molecule has 0 unspecified atom stereocenters. The summed E-state index contributed by atoms with van der Waals surface area (Å²) in [7, 11) is -3.35. The smallest absolute Gasteiger partial charge is 0.491 e. The summed E-state index contributed by atoms with van der Waals surface area (Å²) in [5.41, 5.74) is 0.949. The highest BCUT2D eigenvalue weighted by molar-refractivity contribution is 6.60. The number of azo groups is 1. The van der Waals surface area contributed by atoms with E-state index in [1.807, 2.05) is 0 Å². The Balaban J connectivity index is 2.31. The summed E-state index contributed by atoms with van der Waals surface area (Å²) < 4.78 is 0. The van der Waals surface area contributed by atoms with E-state index in [2.05, 4.69) is 10.2 Å². The largest absolute Gasteiger partial charge is 0.593 e.